The molecule has 0 fully saturated rings. The molecule has 2 heterocycles. The van der Waals surface area contributed by atoms with Crippen LogP contribution in [0.4, 0.5) is 11.5 Å². The van der Waals surface area contributed by atoms with E-state index in [1.165, 1.54) is 5.56 Å². The van der Waals surface area contributed by atoms with Gasteiger partial charge in [0.05, 0.1) is 19.0 Å². The summed E-state index contributed by atoms with van der Waals surface area (Å²) >= 11 is 0. The van der Waals surface area contributed by atoms with Crippen molar-refractivity contribution in [1.82, 2.24) is 14.4 Å². The lowest BCUT2D eigenvalue weighted by Crippen LogP contribution is -1.99. The maximum atomic E-state index is 9.18. The first-order chi connectivity index (χ1) is 14.7. The topological polar surface area (TPSA) is 84.0 Å². The number of hydrogen-bond donors (Lipinski definition) is 2. The molecule has 0 atom stereocenters. The molecule has 30 heavy (non-hydrogen) atoms. The van der Waals surface area contributed by atoms with E-state index in [4.69, 9.17) is 9.72 Å². The second kappa shape index (κ2) is 7.18. The Labute approximate surface area is 173 Å². The largest absolute Gasteiger partial charge is 0.496 e. The van der Waals surface area contributed by atoms with Crippen LogP contribution in [0.1, 0.15) is 23.1 Å². The molecular weight excluding hydrogens is 378 g/mol. The number of nitrogens with zero attached hydrogens (tertiary/aromatic N) is 4. The highest BCUT2D eigenvalue weighted by Crippen LogP contribution is 2.34. The highest BCUT2D eigenvalue weighted by atomic mass is 16.5. The minimum Gasteiger partial charge on any atom is -0.496 e. The van der Waals surface area contributed by atoms with Crippen molar-refractivity contribution in [2.45, 2.75) is 19.8 Å². The molecule has 4 aromatic rings. The molecule has 0 bridgehead atoms. The number of hydrogen-bond acceptors (Lipinski definition) is 6. The van der Waals surface area contributed by atoms with Gasteiger partial charge >= 0.3 is 0 Å². The number of aromatic nitrogens is 3. The zero-order valence-electron chi connectivity index (χ0n) is 16.8. The van der Waals surface area contributed by atoms with Gasteiger partial charge in [0.15, 0.2) is 5.65 Å². The van der Waals surface area contributed by atoms with Crippen molar-refractivity contribution >= 4 is 22.9 Å². The summed E-state index contributed by atoms with van der Waals surface area (Å²) < 4.78 is 7.40. The van der Waals surface area contributed by atoms with E-state index in [9.17, 15) is 5.21 Å². The Balaban J connectivity index is 1.61. The predicted molar refractivity (Wildman–Crippen MR) is 116 cm³/mol. The van der Waals surface area contributed by atoms with Crippen LogP contribution in [-0.4, -0.2) is 32.4 Å². The number of fused-ring (bicyclic) bond motifs is 2. The zero-order valence-corrected chi connectivity index (χ0v) is 16.8. The number of anilines is 2. The van der Waals surface area contributed by atoms with Gasteiger partial charge in [0.25, 0.3) is 0 Å². The number of benzene rings is 2. The summed E-state index contributed by atoms with van der Waals surface area (Å²) in [6.45, 7) is 2.02. The fourth-order valence-electron chi connectivity index (χ4n) is 4.04. The van der Waals surface area contributed by atoms with Crippen LogP contribution in [0.25, 0.3) is 16.9 Å². The van der Waals surface area contributed by atoms with Gasteiger partial charge in [0, 0.05) is 29.2 Å². The monoisotopic (exact) mass is 399 g/mol. The maximum Gasteiger partial charge on any atom is 0.157 e. The number of rotatable bonds is 4. The van der Waals surface area contributed by atoms with E-state index >= 15 is 0 Å². The van der Waals surface area contributed by atoms with E-state index < -0.39 is 0 Å². The molecule has 5 rings (SSSR count). The first-order valence-electron chi connectivity index (χ1n) is 9.76. The van der Waals surface area contributed by atoms with Crippen LogP contribution in [0.2, 0.25) is 0 Å². The average Bonchev–Trinajstić information content (AvgIpc) is 3.35. The van der Waals surface area contributed by atoms with E-state index in [-0.39, 0.29) is 0 Å². The zero-order chi connectivity index (χ0) is 20.7. The molecule has 1 aliphatic carbocycles. The molecule has 0 saturated heterocycles. The number of nitrogens with one attached hydrogen (secondary N) is 1. The number of ether oxygens (including phenoxy) is 1. The molecule has 7 heteroatoms. The van der Waals surface area contributed by atoms with Crippen LogP contribution in [0.3, 0.4) is 0 Å². The van der Waals surface area contributed by atoms with Crippen molar-refractivity contribution in [3.8, 4) is 17.0 Å². The molecule has 0 saturated carbocycles. The summed E-state index contributed by atoms with van der Waals surface area (Å²) in [4.78, 5) is 9.03. The SMILES string of the molecule is COc1ccc(-c2nc3cnccn3c2Nc2ccc3c(c2)CC/C3=N\O)cc1C. The summed E-state index contributed by atoms with van der Waals surface area (Å²) in [6.07, 6.45) is 7.01. The van der Waals surface area contributed by atoms with Crippen molar-refractivity contribution in [3.05, 3.63) is 71.7 Å². The molecule has 0 radical (unpaired) electrons. The molecule has 0 amide bonds. The Kier molecular flexibility index (Phi) is 4.35. The van der Waals surface area contributed by atoms with E-state index in [0.717, 1.165) is 63.8 Å². The molecule has 7 nitrogen and oxygen atoms in total. The molecule has 0 aliphatic heterocycles. The fraction of sp³-hybridized carbons (Fsp3) is 0.174. The molecular formula is C23H21N5O2. The molecule has 0 spiro atoms. The lowest BCUT2D eigenvalue weighted by atomic mass is 10.1. The highest BCUT2D eigenvalue weighted by molar-refractivity contribution is 6.04. The Morgan fingerprint density at radius 2 is 2.07 bits per heavy atom. The number of imidazole rings is 1. The number of oxime groups is 1. The van der Waals surface area contributed by atoms with Crippen LogP contribution in [-0.2, 0) is 6.42 Å². The number of aryl methyl sites for hydroxylation is 2. The average molecular weight is 399 g/mol. The van der Waals surface area contributed by atoms with Gasteiger partial charge in [0.1, 0.15) is 17.3 Å². The quantitative estimate of drug-likeness (QED) is 0.388. The van der Waals surface area contributed by atoms with Crippen molar-refractivity contribution in [1.29, 1.82) is 0 Å². The fourth-order valence-corrected chi connectivity index (χ4v) is 4.04. The normalized spacial score (nSPS) is 14.3. The van der Waals surface area contributed by atoms with Crippen molar-refractivity contribution in [2.24, 2.45) is 5.16 Å². The predicted octanol–water partition coefficient (Wildman–Crippen LogP) is 4.58. The summed E-state index contributed by atoms with van der Waals surface area (Å²) in [5, 5.41) is 16.1. The maximum absolute atomic E-state index is 9.18. The lowest BCUT2D eigenvalue weighted by Gasteiger charge is -2.11. The smallest absolute Gasteiger partial charge is 0.157 e. The standard InChI is InChI=1S/C23H21N5O2/c1-14-11-16(4-8-20(14)30-2)22-23(28-10-9-24-13-21(28)26-22)25-17-5-6-18-15(12-17)3-7-19(18)27-29/h4-6,8-13,25,29H,3,7H2,1-2H3/b27-19+. The van der Waals surface area contributed by atoms with Gasteiger partial charge in [-0.05, 0) is 61.2 Å². The second-order valence-corrected chi connectivity index (χ2v) is 7.34. The molecule has 1 aliphatic rings. The van der Waals surface area contributed by atoms with Gasteiger partial charge in [-0.3, -0.25) is 9.38 Å². The van der Waals surface area contributed by atoms with E-state index in [1.54, 1.807) is 19.5 Å². The Hall–Kier alpha value is -3.87. The third-order valence-corrected chi connectivity index (χ3v) is 5.53. The molecule has 2 aromatic carbocycles. The summed E-state index contributed by atoms with van der Waals surface area (Å²) in [7, 11) is 1.67. The second-order valence-electron chi connectivity index (χ2n) is 7.34. The van der Waals surface area contributed by atoms with Gasteiger partial charge in [-0.2, -0.15) is 0 Å². The van der Waals surface area contributed by atoms with Gasteiger partial charge in [-0.25, -0.2) is 4.98 Å². The van der Waals surface area contributed by atoms with Crippen LogP contribution in [0.15, 0.2) is 60.1 Å². The van der Waals surface area contributed by atoms with Gasteiger partial charge < -0.3 is 15.3 Å². The minimum atomic E-state index is 0.742. The van der Waals surface area contributed by atoms with Crippen molar-refractivity contribution in [3.63, 3.8) is 0 Å². The first kappa shape index (κ1) is 18.2. The number of methoxy groups -OCH3 is 1. The van der Waals surface area contributed by atoms with Gasteiger partial charge in [0.2, 0.25) is 0 Å². The molecule has 0 unspecified atom stereocenters. The van der Waals surface area contributed by atoms with E-state index in [1.807, 2.05) is 41.8 Å². The third kappa shape index (κ3) is 2.95. The first-order valence-corrected chi connectivity index (χ1v) is 9.76. The van der Waals surface area contributed by atoms with Crippen LogP contribution in [0, 0.1) is 6.92 Å². The van der Waals surface area contributed by atoms with Gasteiger partial charge in [-0.15, -0.1) is 0 Å². The highest BCUT2D eigenvalue weighted by Gasteiger charge is 2.20. The summed E-state index contributed by atoms with van der Waals surface area (Å²) in [5.74, 6) is 1.71. The van der Waals surface area contributed by atoms with Crippen LogP contribution < -0.4 is 10.1 Å². The summed E-state index contributed by atoms with van der Waals surface area (Å²) in [6, 6.07) is 12.2. The Bertz CT molecular complexity index is 1290. The molecule has 2 aromatic heterocycles. The van der Waals surface area contributed by atoms with Crippen LogP contribution in [0.5, 0.6) is 5.75 Å². The lowest BCUT2D eigenvalue weighted by molar-refractivity contribution is 0.318. The van der Waals surface area contributed by atoms with Crippen molar-refractivity contribution in [2.75, 3.05) is 12.4 Å². The van der Waals surface area contributed by atoms with Crippen LogP contribution >= 0.6 is 0 Å². The Morgan fingerprint density at radius 3 is 2.87 bits per heavy atom. The minimum absolute atomic E-state index is 0.742. The van der Waals surface area contributed by atoms with E-state index in [0.29, 0.717) is 0 Å². The van der Waals surface area contributed by atoms with E-state index in [2.05, 4.69) is 27.6 Å². The molecule has 150 valence electrons. The van der Waals surface area contributed by atoms with Crippen molar-refractivity contribution < 1.29 is 9.94 Å². The van der Waals surface area contributed by atoms with Gasteiger partial charge in [-0.1, -0.05) is 11.2 Å². The third-order valence-electron chi connectivity index (χ3n) is 5.53. The molecule has 2 N–H and O–H groups in total. The Morgan fingerprint density at radius 1 is 1.17 bits per heavy atom. The summed E-state index contributed by atoms with van der Waals surface area (Å²) in [5.41, 5.74) is 7.53.